The van der Waals surface area contributed by atoms with Gasteiger partial charge in [0, 0.05) is 6.54 Å². The zero-order chi connectivity index (χ0) is 8.10. The molecule has 1 saturated heterocycles. The minimum absolute atomic E-state index is 0.844. The first-order chi connectivity index (χ1) is 5.36. The molecule has 62 valence electrons. The topological polar surface area (TPSA) is 3.24 Å². The van der Waals surface area contributed by atoms with E-state index < -0.39 is 0 Å². The summed E-state index contributed by atoms with van der Waals surface area (Å²) in [7, 11) is 0. The van der Waals surface area contributed by atoms with E-state index in [2.05, 4.69) is 17.7 Å². The first kappa shape index (κ1) is 8.62. The highest BCUT2D eigenvalue weighted by molar-refractivity contribution is 4.89. The van der Waals surface area contributed by atoms with Crippen LogP contribution in [0.4, 0.5) is 0 Å². The number of hydrogen-bond donors (Lipinski definition) is 0. The number of nitrogens with zero attached hydrogens (tertiary/aromatic N) is 1. The molecule has 0 radical (unpaired) electrons. The molecule has 0 aliphatic carbocycles. The van der Waals surface area contributed by atoms with E-state index in [4.69, 9.17) is 6.42 Å². The summed E-state index contributed by atoms with van der Waals surface area (Å²) in [5.41, 5.74) is 0. The Kier molecular flexibility index (Phi) is 3.45. The van der Waals surface area contributed by atoms with E-state index in [1.807, 2.05) is 0 Å². The Morgan fingerprint density at radius 2 is 2.45 bits per heavy atom. The number of piperidine rings is 1. The quantitative estimate of drug-likeness (QED) is 0.543. The lowest BCUT2D eigenvalue weighted by Gasteiger charge is -2.30. The van der Waals surface area contributed by atoms with Crippen LogP contribution in [0, 0.1) is 18.3 Å². The van der Waals surface area contributed by atoms with E-state index in [-0.39, 0.29) is 0 Å². The van der Waals surface area contributed by atoms with Gasteiger partial charge in [0.05, 0.1) is 6.54 Å². The van der Waals surface area contributed by atoms with Gasteiger partial charge in [-0.3, -0.25) is 4.90 Å². The molecule has 1 heterocycles. The number of terminal acetylenes is 1. The molecule has 1 rings (SSSR count). The van der Waals surface area contributed by atoms with E-state index in [1.54, 1.807) is 0 Å². The second-order valence-corrected chi connectivity index (χ2v) is 3.36. The summed E-state index contributed by atoms with van der Waals surface area (Å²) in [5.74, 6) is 3.61. The van der Waals surface area contributed by atoms with Gasteiger partial charge in [-0.2, -0.15) is 0 Å². The van der Waals surface area contributed by atoms with Crippen LogP contribution in [0.3, 0.4) is 0 Å². The molecule has 1 unspecified atom stereocenters. The predicted molar refractivity (Wildman–Crippen MR) is 48.3 cm³/mol. The maximum Gasteiger partial charge on any atom is 0.0599 e. The van der Waals surface area contributed by atoms with Gasteiger partial charge in [-0.05, 0) is 25.3 Å². The van der Waals surface area contributed by atoms with E-state index in [0.29, 0.717) is 0 Å². The van der Waals surface area contributed by atoms with Gasteiger partial charge in [-0.1, -0.05) is 19.3 Å². The van der Waals surface area contributed by atoms with Crippen molar-refractivity contribution in [2.75, 3.05) is 19.6 Å². The van der Waals surface area contributed by atoms with Crippen molar-refractivity contribution in [3.8, 4) is 12.3 Å². The molecule has 0 bridgehead atoms. The van der Waals surface area contributed by atoms with Crippen molar-refractivity contribution < 1.29 is 0 Å². The Morgan fingerprint density at radius 3 is 3.09 bits per heavy atom. The van der Waals surface area contributed by atoms with Gasteiger partial charge in [0.2, 0.25) is 0 Å². The molecular formula is C10H17N. The van der Waals surface area contributed by atoms with Gasteiger partial charge in [0.25, 0.3) is 0 Å². The third-order valence-corrected chi connectivity index (χ3v) is 2.50. The third kappa shape index (κ3) is 2.55. The van der Waals surface area contributed by atoms with Crippen LogP contribution in [0.15, 0.2) is 0 Å². The highest BCUT2D eigenvalue weighted by Gasteiger charge is 2.16. The Bertz CT molecular complexity index is 145. The summed E-state index contributed by atoms with van der Waals surface area (Å²) >= 11 is 0. The van der Waals surface area contributed by atoms with Crippen molar-refractivity contribution in [3.63, 3.8) is 0 Å². The Balaban J connectivity index is 2.28. The first-order valence-electron chi connectivity index (χ1n) is 4.52. The standard InChI is InChI=1S/C10H17N/c1-3-7-11-8-5-6-10(4-2)9-11/h1,10H,4-9H2,2H3. The van der Waals surface area contributed by atoms with E-state index >= 15 is 0 Å². The average molecular weight is 151 g/mol. The minimum atomic E-state index is 0.844. The summed E-state index contributed by atoms with van der Waals surface area (Å²) in [6, 6.07) is 0. The van der Waals surface area contributed by atoms with Gasteiger partial charge in [0.1, 0.15) is 0 Å². The lowest BCUT2D eigenvalue weighted by molar-refractivity contribution is 0.190. The molecule has 0 aromatic rings. The van der Waals surface area contributed by atoms with Crippen LogP contribution in [-0.2, 0) is 0 Å². The van der Waals surface area contributed by atoms with Gasteiger partial charge in [0.15, 0.2) is 0 Å². The zero-order valence-electron chi connectivity index (χ0n) is 7.34. The number of rotatable bonds is 2. The van der Waals surface area contributed by atoms with Crippen molar-refractivity contribution in [1.82, 2.24) is 4.90 Å². The number of likely N-dealkylation sites (tertiary alicyclic amines) is 1. The highest BCUT2D eigenvalue weighted by Crippen LogP contribution is 2.18. The second kappa shape index (κ2) is 4.41. The summed E-state index contributed by atoms with van der Waals surface area (Å²) in [4.78, 5) is 2.39. The molecule has 0 aromatic heterocycles. The fourth-order valence-electron chi connectivity index (χ4n) is 1.76. The largest absolute Gasteiger partial charge is 0.292 e. The molecule has 0 amide bonds. The fraction of sp³-hybridized carbons (Fsp3) is 0.800. The molecular weight excluding hydrogens is 134 g/mol. The van der Waals surface area contributed by atoms with Crippen molar-refractivity contribution >= 4 is 0 Å². The van der Waals surface area contributed by atoms with Crippen LogP contribution in [0.1, 0.15) is 26.2 Å². The van der Waals surface area contributed by atoms with Crippen LogP contribution in [0.2, 0.25) is 0 Å². The second-order valence-electron chi connectivity index (χ2n) is 3.36. The maximum atomic E-state index is 5.25. The summed E-state index contributed by atoms with van der Waals surface area (Å²) in [6.45, 7) is 5.54. The Hall–Kier alpha value is -0.480. The van der Waals surface area contributed by atoms with Crippen LogP contribution >= 0.6 is 0 Å². The minimum Gasteiger partial charge on any atom is -0.292 e. The van der Waals surface area contributed by atoms with Gasteiger partial charge in [-0.25, -0.2) is 0 Å². The van der Waals surface area contributed by atoms with Crippen molar-refractivity contribution in [1.29, 1.82) is 0 Å². The van der Waals surface area contributed by atoms with Gasteiger partial charge < -0.3 is 0 Å². The summed E-state index contributed by atoms with van der Waals surface area (Å²) in [6.07, 6.45) is 9.30. The zero-order valence-corrected chi connectivity index (χ0v) is 7.34. The van der Waals surface area contributed by atoms with Crippen LogP contribution < -0.4 is 0 Å². The fourth-order valence-corrected chi connectivity index (χ4v) is 1.76. The molecule has 11 heavy (non-hydrogen) atoms. The third-order valence-electron chi connectivity index (χ3n) is 2.50. The normalized spacial score (nSPS) is 26.4. The van der Waals surface area contributed by atoms with Crippen LogP contribution in [0.25, 0.3) is 0 Å². The van der Waals surface area contributed by atoms with Crippen molar-refractivity contribution in [2.24, 2.45) is 5.92 Å². The molecule has 0 aromatic carbocycles. The van der Waals surface area contributed by atoms with Crippen molar-refractivity contribution in [2.45, 2.75) is 26.2 Å². The van der Waals surface area contributed by atoms with E-state index in [9.17, 15) is 0 Å². The SMILES string of the molecule is C#CCN1CCCC(CC)C1. The van der Waals surface area contributed by atoms with E-state index in [1.165, 1.54) is 32.4 Å². The summed E-state index contributed by atoms with van der Waals surface area (Å²) < 4.78 is 0. The van der Waals surface area contributed by atoms with Crippen LogP contribution in [-0.4, -0.2) is 24.5 Å². The average Bonchev–Trinajstić information content (AvgIpc) is 2.06. The molecule has 1 aliphatic rings. The molecule has 1 fully saturated rings. The summed E-state index contributed by atoms with van der Waals surface area (Å²) in [5, 5.41) is 0. The van der Waals surface area contributed by atoms with Crippen molar-refractivity contribution in [3.05, 3.63) is 0 Å². The lowest BCUT2D eigenvalue weighted by Crippen LogP contribution is -2.35. The smallest absolute Gasteiger partial charge is 0.0599 e. The number of hydrogen-bond acceptors (Lipinski definition) is 1. The van der Waals surface area contributed by atoms with Crippen LogP contribution in [0.5, 0.6) is 0 Å². The molecule has 1 aliphatic heterocycles. The monoisotopic (exact) mass is 151 g/mol. The molecule has 1 heteroatoms. The Labute approximate surface area is 69.8 Å². The Morgan fingerprint density at radius 1 is 1.64 bits per heavy atom. The molecule has 1 nitrogen and oxygen atoms in total. The first-order valence-corrected chi connectivity index (χ1v) is 4.52. The maximum absolute atomic E-state index is 5.25. The predicted octanol–water partition coefficient (Wildman–Crippen LogP) is 1.74. The van der Waals surface area contributed by atoms with E-state index in [0.717, 1.165) is 12.5 Å². The molecule has 0 saturated carbocycles. The highest BCUT2D eigenvalue weighted by atomic mass is 15.1. The van der Waals surface area contributed by atoms with Gasteiger partial charge >= 0.3 is 0 Å². The van der Waals surface area contributed by atoms with Gasteiger partial charge in [-0.15, -0.1) is 6.42 Å². The molecule has 0 N–H and O–H groups in total. The molecule has 1 atom stereocenters. The lowest BCUT2D eigenvalue weighted by atomic mass is 9.96. The molecule has 0 spiro atoms.